The molecule has 58 valence electrons. The molecule has 0 aliphatic carbocycles. The summed E-state index contributed by atoms with van der Waals surface area (Å²) in [6, 6.07) is 0. The molecule has 11 heavy (non-hydrogen) atoms. The summed E-state index contributed by atoms with van der Waals surface area (Å²) in [4.78, 5) is 12.9. The number of nitro groups is 1. The summed E-state index contributed by atoms with van der Waals surface area (Å²) in [5.74, 6) is -0.525. The molecule has 1 aromatic rings. The molecule has 0 saturated heterocycles. The van der Waals surface area contributed by atoms with Crippen molar-refractivity contribution in [3.05, 3.63) is 27.5 Å². The molecule has 0 amide bonds. The van der Waals surface area contributed by atoms with Gasteiger partial charge in [-0.25, -0.2) is 0 Å². The standard InChI is InChI=1S/C5H3ClN2O3/c6-3-1-7-2-4(9)5(3)8(10)11/h1-2,9H. The van der Waals surface area contributed by atoms with E-state index >= 15 is 0 Å². The first-order valence-electron chi connectivity index (χ1n) is 2.60. The van der Waals surface area contributed by atoms with Gasteiger partial charge < -0.3 is 5.11 Å². The normalized spacial score (nSPS) is 9.55. The second-order valence-electron chi connectivity index (χ2n) is 1.75. The minimum atomic E-state index is -0.765. The van der Waals surface area contributed by atoms with E-state index in [1.807, 2.05) is 0 Å². The van der Waals surface area contributed by atoms with Gasteiger partial charge in [0.25, 0.3) is 0 Å². The van der Waals surface area contributed by atoms with Crippen LogP contribution in [0, 0.1) is 10.1 Å². The molecule has 1 heterocycles. The molecule has 0 radical (unpaired) electrons. The molecule has 0 spiro atoms. The van der Waals surface area contributed by atoms with Crippen molar-refractivity contribution in [3.8, 4) is 5.75 Å². The number of pyridine rings is 1. The van der Waals surface area contributed by atoms with E-state index in [0.29, 0.717) is 0 Å². The maximum Gasteiger partial charge on any atom is 0.332 e. The Hall–Kier alpha value is -1.36. The predicted molar refractivity (Wildman–Crippen MR) is 37.6 cm³/mol. The molecule has 0 bridgehead atoms. The largest absolute Gasteiger partial charge is 0.501 e. The van der Waals surface area contributed by atoms with Crippen molar-refractivity contribution in [2.45, 2.75) is 0 Å². The smallest absolute Gasteiger partial charge is 0.332 e. The van der Waals surface area contributed by atoms with Crippen LogP contribution in [0.5, 0.6) is 5.75 Å². The van der Waals surface area contributed by atoms with Crippen LogP contribution in [0.4, 0.5) is 5.69 Å². The van der Waals surface area contributed by atoms with Crippen molar-refractivity contribution < 1.29 is 10.0 Å². The number of hydrogen-bond donors (Lipinski definition) is 1. The number of rotatable bonds is 1. The van der Waals surface area contributed by atoms with Gasteiger partial charge >= 0.3 is 5.69 Å². The SMILES string of the molecule is O=[N+]([O-])c1c(O)cncc1Cl. The second-order valence-corrected chi connectivity index (χ2v) is 2.15. The third kappa shape index (κ3) is 1.38. The lowest BCUT2D eigenvalue weighted by molar-refractivity contribution is -0.385. The number of aromatic hydroxyl groups is 1. The Kier molecular flexibility index (Phi) is 1.91. The van der Waals surface area contributed by atoms with Crippen molar-refractivity contribution >= 4 is 17.3 Å². The van der Waals surface area contributed by atoms with E-state index in [1.165, 1.54) is 0 Å². The van der Waals surface area contributed by atoms with Crippen molar-refractivity contribution in [1.82, 2.24) is 4.98 Å². The maximum absolute atomic E-state index is 10.2. The van der Waals surface area contributed by atoms with Crippen molar-refractivity contribution in [2.24, 2.45) is 0 Å². The zero-order valence-electron chi connectivity index (χ0n) is 5.19. The maximum atomic E-state index is 10.2. The molecule has 0 saturated carbocycles. The molecule has 0 atom stereocenters. The fraction of sp³-hybridized carbons (Fsp3) is 0. The summed E-state index contributed by atoms with van der Waals surface area (Å²) >= 11 is 5.36. The van der Waals surface area contributed by atoms with Crippen LogP contribution in [0.2, 0.25) is 5.02 Å². The van der Waals surface area contributed by atoms with Gasteiger partial charge in [0.1, 0.15) is 5.02 Å². The van der Waals surface area contributed by atoms with Crippen LogP contribution in [0.15, 0.2) is 12.4 Å². The summed E-state index contributed by atoms with van der Waals surface area (Å²) in [6.07, 6.45) is 2.06. The van der Waals surface area contributed by atoms with Gasteiger partial charge in [-0.2, -0.15) is 0 Å². The Labute approximate surface area is 66.4 Å². The second kappa shape index (κ2) is 2.71. The third-order valence-corrected chi connectivity index (χ3v) is 1.31. The van der Waals surface area contributed by atoms with Crippen LogP contribution in [0.3, 0.4) is 0 Å². The van der Waals surface area contributed by atoms with Gasteiger partial charge in [-0.05, 0) is 0 Å². The van der Waals surface area contributed by atoms with Gasteiger partial charge in [-0.3, -0.25) is 15.1 Å². The number of halogens is 1. The Morgan fingerprint density at radius 1 is 1.64 bits per heavy atom. The number of nitrogens with zero attached hydrogens (tertiary/aromatic N) is 2. The Morgan fingerprint density at radius 3 is 2.64 bits per heavy atom. The highest BCUT2D eigenvalue weighted by molar-refractivity contribution is 6.32. The quantitative estimate of drug-likeness (QED) is 0.515. The van der Waals surface area contributed by atoms with Crippen LogP contribution in [-0.4, -0.2) is 15.0 Å². The molecule has 1 aromatic heterocycles. The van der Waals surface area contributed by atoms with E-state index in [9.17, 15) is 10.1 Å². The van der Waals surface area contributed by atoms with E-state index in [-0.39, 0.29) is 5.02 Å². The Bertz CT molecular complexity index is 282. The molecule has 0 aliphatic rings. The van der Waals surface area contributed by atoms with Gasteiger partial charge in [-0.1, -0.05) is 11.6 Å². The molecular formula is C5H3ClN2O3. The monoisotopic (exact) mass is 174 g/mol. The highest BCUT2D eigenvalue weighted by Crippen LogP contribution is 2.31. The molecule has 0 unspecified atom stereocenters. The lowest BCUT2D eigenvalue weighted by Crippen LogP contribution is -1.90. The van der Waals surface area contributed by atoms with E-state index in [2.05, 4.69) is 4.98 Å². The van der Waals surface area contributed by atoms with Crippen LogP contribution >= 0.6 is 11.6 Å². The highest BCUT2D eigenvalue weighted by Gasteiger charge is 2.17. The summed E-state index contributed by atoms with van der Waals surface area (Å²) in [6.45, 7) is 0. The first-order valence-corrected chi connectivity index (χ1v) is 2.97. The van der Waals surface area contributed by atoms with Crippen molar-refractivity contribution in [2.75, 3.05) is 0 Å². The fourth-order valence-corrected chi connectivity index (χ4v) is 0.821. The van der Waals surface area contributed by atoms with Crippen molar-refractivity contribution in [1.29, 1.82) is 0 Å². The molecular weight excluding hydrogens is 172 g/mol. The zero-order chi connectivity index (χ0) is 8.43. The van der Waals surface area contributed by atoms with Crippen LogP contribution in [0.25, 0.3) is 0 Å². The highest BCUT2D eigenvalue weighted by atomic mass is 35.5. The lowest BCUT2D eigenvalue weighted by Gasteiger charge is -1.94. The van der Waals surface area contributed by atoms with Crippen LogP contribution in [0.1, 0.15) is 0 Å². The number of hydrogen-bond acceptors (Lipinski definition) is 4. The molecule has 0 fully saturated rings. The molecule has 5 nitrogen and oxygen atoms in total. The van der Waals surface area contributed by atoms with Gasteiger partial charge in [0.05, 0.1) is 17.3 Å². The molecule has 1 N–H and O–H groups in total. The van der Waals surface area contributed by atoms with Gasteiger partial charge in [0.2, 0.25) is 5.75 Å². The minimum Gasteiger partial charge on any atom is -0.501 e. The lowest BCUT2D eigenvalue weighted by atomic mass is 10.4. The first-order chi connectivity index (χ1) is 5.13. The van der Waals surface area contributed by atoms with Crippen LogP contribution < -0.4 is 0 Å². The molecule has 0 aliphatic heterocycles. The van der Waals surface area contributed by atoms with Crippen LogP contribution in [-0.2, 0) is 0 Å². The van der Waals surface area contributed by atoms with Gasteiger partial charge in [0.15, 0.2) is 0 Å². The first kappa shape index (κ1) is 7.74. The topological polar surface area (TPSA) is 76.3 Å². The van der Waals surface area contributed by atoms with E-state index in [4.69, 9.17) is 16.7 Å². The summed E-state index contributed by atoms with van der Waals surface area (Å²) in [7, 11) is 0. The molecule has 0 aromatic carbocycles. The van der Waals surface area contributed by atoms with E-state index in [1.54, 1.807) is 0 Å². The fourth-order valence-electron chi connectivity index (χ4n) is 0.599. The average molecular weight is 175 g/mol. The van der Waals surface area contributed by atoms with E-state index < -0.39 is 16.4 Å². The molecule has 1 rings (SSSR count). The average Bonchev–Trinajstić information content (AvgIpc) is 1.85. The Balaban J connectivity index is 3.32. The van der Waals surface area contributed by atoms with Gasteiger partial charge in [0, 0.05) is 0 Å². The summed E-state index contributed by atoms with van der Waals surface area (Å²) in [5, 5.41) is 18.9. The summed E-state index contributed by atoms with van der Waals surface area (Å²) in [5.41, 5.74) is -0.512. The molecule has 6 heteroatoms. The third-order valence-electron chi connectivity index (χ3n) is 1.04. The number of aromatic nitrogens is 1. The van der Waals surface area contributed by atoms with E-state index in [0.717, 1.165) is 12.4 Å². The minimum absolute atomic E-state index is 0.171. The van der Waals surface area contributed by atoms with Gasteiger partial charge in [-0.15, -0.1) is 0 Å². The predicted octanol–water partition coefficient (Wildman–Crippen LogP) is 1.35. The Morgan fingerprint density at radius 2 is 2.27 bits per heavy atom. The van der Waals surface area contributed by atoms with Crippen molar-refractivity contribution in [3.63, 3.8) is 0 Å². The zero-order valence-corrected chi connectivity index (χ0v) is 5.95. The summed E-state index contributed by atoms with van der Waals surface area (Å²) < 4.78 is 0.